The first kappa shape index (κ1) is 14.1. The maximum atomic E-state index is 10.8. The molecule has 0 bridgehead atoms. The van der Waals surface area contributed by atoms with Gasteiger partial charge in [-0.3, -0.25) is 4.68 Å². The molecular weight excluding hydrogens is 240 g/mol. The van der Waals surface area contributed by atoms with Gasteiger partial charge < -0.3 is 5.32 Å². The minimum Gasteiger partial charge on any atom is -0.311 e. The molecule has 0 spiro atoms. The van der Waals surface area contributed by atoms with Crippen LogP contribution < -0.4 is 10.0 Å². The molecule has 0 aliphatic carbocycles. The van der Waals surface area contributed by atoms with Crippen LogP contribution in [0, 0.1) is 6.92 Å². The highest BCUT2D eigenvalue weighted by molar-refractivity contribution is 7.88. The lowest BCUT2D eigenvalue weighted by atomic mass is 10.3. The quantitative estimate of drug-likeness (QED) is 0.663. The third-order valence-electron chi connectivity index (χ3n) is 2.30. The van der Waals surface area contributed by atoms with Crippen molar-refractivity contribution in [1.29, 1.82) is 0 Å². The molecule has 6 nitrogen and oxygen atoms in total. The van der Waals surface area contributed by atoms with Crippen molar-refractivity contribution in [3.05, 3.63) is 17.5 Å². The number of aromatic nitrogens is 2. The van der Waals surface area contributed by atoms with Gasteiger partial charge in [0.15, 0.2) is 0 Å². The van der Waals surface area contributed by atoms with Crippen LogP contribution in [0.5, 0.6) is 0 Å². The van der Waals surface area contributed by atoms with Crippen molar-refractivity contribution in [3.8, 4) is 0 Å². The van der Waals surface area contributed by atoms with Crippen LogP contribution in [0.15, 0.2) is 6.07 Å². The second kappa shape index (κ2) is 6.13. The summed E-state index contributed by atoms with van der Waals surface area (Å²) >= 11 is 0. The highest BCUT2D eigenvalue weighted by atomic mass is 32.2. The molecule has 0 saturated heterocycles. The third kappa shape index (κ3) is 5.81. The van der Waals surface area contributed by atoms with E-state index in [4.69, 9.17) is 0 Å². The van der Waals surface area contributed by atoms with Crippen LogP contribution in [0.4, 0.5) is 0 Å². The number of sulfonamides is 1. The predicted octanol–water partition coefficient (Wildman–Crippen LogP) is -0.243. The Labute approximate surface area is 102 Å². The molecule has 0 aromatic carbocycles. The SMILES string of the molecule is Cc1cc(CNCCCNS(C)(=O)=O)n(C)n1. The van der Waals surface area contributed by atoms with E-state index in [-0.39, 0.29) is 0 Å². The molecule has 0 unspecified atom stereocenters. The minimum absolute atomic E-state index is 0.469. The highest BCUT2D eigenvalue weighted by Crippen LogP contribution is 2.00. The molecule has 0 amide bonds. The lowest BCUT2D eigenvalue weighted by Crippen LogP contribution is -2.26. The van der Waals surface area contributed by atoms with E-state index < -0.39 is 10.0 Å². The van der Waals surface area contributed by atoms with Crippen molar-refractivity contribution >= 4 is 10.0 Å². The van der Waals surface area contributed by atoms with Crippen molar-refractivity contribution in [2.75, 3.05) is 19.3 Å². The second-order valence-corrected chi connectivity index (χ2v) is 5.93. The fraction of sp³-hybridized carbons (Fsp3) is 0.700. The zero-order chi connectivity index (χ0) is 12.9. The van der Waals surface area contributed by atoms with Gasteiger partial charge in [0.05, 0.1) is 17.6 Å². The van der Waals surface area contributed by atoms with Gasteiger partial charge >= 0.3 is 0 Å². The zero-order valence-electron chi connectivity index (χ0n) is 10.5. The third-order valence-corrected chi connectivity index (χ3v) is 3.03. The van der Waals surface area contributed by atoms with Gasteiger partial charge in [-0.1, -0.05) is 0 Å². The lowest BCUT2D eigenvalue weighted by Gasteiger charge is -2.05. The Morgan fingerprint density at radius 3 is 2.65 bits per heavy atom. The Balaban J connectivity index is 2.15. The standard InChI is InChI=1S/C10H20N4O2S/c1-9-7-10(14(2)13-9)8-11-5-4-6-12-17(3,15)16/h7,11-12H,4-6,8H2,1-3H3. The summed E-state index contributed by atoms with van der Waals surface area (Å²) in [6.07, 6.45) is 1.93. The summed E-state index contributed by atoms with van der Waals surface area (Å²) in [5, 5.41) is 7.49. The first-order chi connectivity index (χ1) is 7.88. The Bertz CT molecular complexity index is 453. The fourth-order valence-electron chi connectivity index (χ4n) is 1.52. The molecule has 0 atom stereocenters. The van der Waals surface area contributed by atoms with Gasteiger partial charge in [0.1, 0.15) is 0 Å². The topological polar surface area (TPSA) is 76.0 Å². The van der Waals surface area contributed by atoms with Gasteiger partial charge in [-0.2, -0.15) is 5.10 Å². The summed E-state index contributed by atoms with van der Waals surface area (Å²) in [5.41, 5.74) is 2.13. The van der Waals surface area contributed by atoms with Gasteiger partial charge in [0.2, 0.25) is 10.0 Å². The van der Waals surface area contributed by atoms with Gasteiger partial charge in [0.25, 0.3) is 0 Å². The van der Waals surface area contributed by atoms with Crippen LogP contribution >= 0.6 is 0 Å². The largest absolute Gasteiger partial charge is 0.311 e. The Morgan fingerprint density at radius 1 is 1.41 bits per heavy atom. The summed E-state index contributed by atoms with van der Waals surface area (Å²) in [7, 11) is -1.15. The molecule has 1 aromatic heterocycles. The molecule has 0 aliphatic rings. The molecule has 1 rings (SSSR count). The van der Waals surface area contributed by atoms with Crippen molar-refractivity contribution in [1.82, 2.24) is 19.8 Å². The maximum absolute atomic E-state index is 10.8. The van der Waals surface area contributed by atoms with Crippen molar-refractivity contribution in [2.45, 2.75) is 19.9 Å². The molecule has 0 aliphatic heterocycles. The Kier molecular flexibility index (Phi) is 5.10. The van der Waals surface area contributed by atoms with Crippen LogP contribution in [-0.2, 0) is 23.6 Å². The van der Waals surface area contributed by atoms with Gasteiger partial charge in [-0.15, -0.1) is 0 Å². The van der Waals surface area contributed by atoms with Crippen LogP contribution in [-0.4, -0.2) is 37.5 Å². The van der Waals surface area contributed by atoms with E-state index in [9.17, 15) is 8.42 Å². The van der Waals surface area contributed by atoms with Crippen molar-refractivity contribution in [2.24, 2.45) is 7.05 Å². The smallest absolute Gasteiger partial charge is 0.208 e. The Hall–Kier alpha value is -0.920. The highest BCUT2D eigenvalue weighted by Gasteiger charge is 2.01. The van der Waals surface area contributed by atoms with E-state index in [1.807, 2.05) is 24.7 Å². The number of rotatable bonds is 7. The van der Waals surface area contributed by atoms with Crippen molar-refractivity contribution < 1.29 is 8.42 Å². The van der Waals surface area contributed by atoms with Crippen LogP contribution in [0.3, 0.4) is 0 Å². The average Bonchev–Trinajstić information content (AvgIpc) is 2.49. The first-order valence-electron chi connectivity index (χ1n) is 5.53. The molecule has 7 heteroatoms. The number of hydrogen-bond acceptors (Lipinski definition) is 4. The van der Waals surface area contributed by atoms with E-state index in [0.717, 1.165) is 30.9 Å². The number of hydrogen-bond donors (Lipinski definition) is 2. The zero-order valence-corrected chi connectivity index (χ0v) is 11.3. The summed E-state index contributed by atoms with van der Waals surface area (Å²) in [5.74, 6) is 0. The van der Waals surface area contributed by atoms with E-state index in [1.165, 1.54) is 6.26 Å². The summed E-state index contributed by atoms with van der Waals surface area (Å²) in [6, 6.07) is 2.03. The molecule has 98 valence electrons. The molecule has 2 N–H and O–H groups in total. The monoisotopic (exact) mass is 260 g/mol. The van der Waals surface area contributed by atoms with Gasteiger partial charge in [-0.25, -0.2) is 13.1 Å². The molecule has 0 fully saturated rings. The van der Waals surface area contributed by atoms with Gasteiger partial charge in [0, 0.05) is 20.1 Å². The van der Waals surface area contributed by atoms with Crippen LogP contribution in [0.25, 0.3) is 0 Å². The first-order valence-corrected chi connectivity index (χ1v) is 7.42. The van der Waals surface area contributed by atoms with E-state index >= 15 is 0 Å². The number of nitrogens with zero attached hydrogens (tertiary/aromatic N) is 2. The number of aryl methyl sites for hydroxylation is 2. The molecule has 0 saturated carbocycles. The average molecular weight is 260 g/mol. The second-order valence-electron chi connectivity index (χ2n) is 4.10. The molecule has 1 heterocycles. The maximum Gasteiger partial charge on any atom is 0.208 e. The molecular formula is C10H20N4O2S. The molecule has 1 aromatic rings. The van der Waals surface area contributed by atoms with E-state index in [2.05, 4.69) is 15.1 Å². The summed E-state index contributed by atoms with van der Waals surface area (Å²) < 4.78 is 25.9. The molecule has 0 radical (unpaired) electrons. The van der Waals surface area contributed by atoms with E-state index in [0.29, 0.717) is 6.54 Å². The summed E-state index contributed by atoms with van der Waals surface area (Å²) in [4.78, 5) is 0. The minimum atomic E-state index is -3.06. The van der Waals surface area contributed by atoms with E-state index in [1.54, 1.807) is 0 Å². The van der Waals surface area contributed by atoms with Crippen LogP contribution in [0.2, 0.25) is 0 Å². The lowest BCUT2D eigenvalue weighted by molar-refractivity contribution is 0.574. The Morgan fingerprint density at radius 2 is 2.12 bits per heavy atom. The normalized spacial score (nSPS) is 11.9. The fourth-order valence-corrected chi connectivity index (χ4v) is 2.03. The van der Waals surface area contributed by atoms with Crippen LogP contribution in [0.1, 0.15) is 17.8 Å². The predicted molar refractivity (Wildman–Crippen MR) is 67.1 cm³/mol. The summed E-state index contributed by atoms with van der Waals surface area (Å²) in [6.45, 7) is 3.94. The van der Waals surface area contributed by atoms with Gasteiger partial charge in [-0.05, 0) is 26.0 Å². The molecule has 17 heavy (non-hydrogen) atoms. The van der Waals surface area contributed by atoms with Crippen molar-refractivity contribution in [3.63, 3.8) is 0 Å². The number of nitrogens with one attached hydrogen (secondary N) is 2.